The molecule has 0 aliphatic carbocycles. The largest absolute Gasteiger partial charge is 0.337 e. The van der Waals surface area contributed by atoms with Crippen molar-refractivity contribution >= 4 is 66.4 Å². The van der Waals surface area contributed by atoms with Crippen LogP contribution >= 0.6 is 0 Å². The Morgan fingerprint density at radius 2 is 0.667 bits per heavy atom. The highest BCUT2D eigenvalue weighted by Gasteiger charge is 2.26. The molecule has 4 aromatic heterocycles. The minimum atomic E-state index is 0.801. The van der Waals surface area contributed by atoms with E-state index in [1.54, 1.807) is 0 Å². The van der Waals surface area contributed by atoms with Crippen molar-refractivity contribution in [3.8, 4) is 11.4 Å². The second-order valence-corrected chi connectivity index (χ2v) is 12.3. The molecule has 0 unspecified atom stereocenters. The van der Waals surface area contributed by atoms with Gasteiger partial charge < -0.3 is 18.9 Å². The Morgan fingerprint density at radius 3 is 1.04 bits per heavy atom. The normalized spacial score (nSPS) is 13.2. The minimum absolute atomic E-state index is 0.801. The Kier molecular flexibility index (Phi) is 5.90. The lowest BCUT2D eigenvalue weighted by Crippen LogP contribution is -2.36. The predicted molar refractivity (Wildman–Crippen MR) is 198 cm³/mol. The molecular formula is C42H30N6. The number of fused-ring (bicyclic) bond motifs is 7. The highest BCUT2D eigenvalue weighted by Crippen LogP contribution is 2.42. The van der Waals surface area contributed by atoms with Crippen LogP contribution in [0.5, 0.6) is 0 Å². The van der Waals surface area contributed by atoms with Gasteiger partial charge in [-0.25, -0.2) is 0 Å². The molecule has 0 radical (unpaired) electrons. The Balaban J connectivity index is 1.06. The molecule has 0 atom stereocenters. The number of benzene rings is 5. The fraction of sp³-hybridized carbons (Fsp3) is 0.0476. The van der Waals surface area contributed by atoms with Crippen LogP contribution in [0.25, 0.3) is 55.0 Å². The van der Waals surface area contributed by atoms with Gasteiger partial charge in [-0.2, -0.15) is 0 Å². The summed E-state index contributed by atoms with van der Waals surface area (Å²) in [6, 6.07) is 47.6. The molecule has 1 aliphatic heterocycles. The maximum absolute atomic E-state index is 4.78. The molecular weight excluding hydrogens is 589 g/mol. The number of hydrogen-bond donors (Lipinski definition) is 0. The average molecular weight is 619 g/mol. The smallest absolute Gasteiger partial charge is 0.0666 e. The van der Waals surface area contributed by atoms with E-state index in [0.29, 0.717) is 0 Å². The molecule has 48 heavy (non-hydrogen) atoms. The average Bonchev–Trinajstić information content (AvgIpc) is 3.68. The maximum atomic E-state index is 4.78. The van der Waals surface area contributed by atoms with Crippen LogP contribution in [0.2, 0.25) is 0 Å². The zero-order chi connectivity index (χ0) is 31.6. The van der Waals surface area contributed by atoms with Crippen LogP contribution in [0.3, 0.4) is 0 Å². The highest BCUT2D eigenvalue weighted by molar-refractivity contribution is 6.10. The summed E-state index contributed by atoms with van der Waals surface area (Å²) in [5.41, 5.74) is 11.2. The molecule has 0 saturated heterocycles. The zero-order valence-corrected chi connectivity index (χ0v) is 26.1. The molecule has 0 amide bonds. The Morgan fingerprint density at radius 1 is 0.354 bits per heavy atom. The van der Waals surface area contributed by atoms with E-state index in [1.165, 1.54) is 43.6 Å². The summed E-state index contributed by atoms with van der Waals surface area (Å²) in [5.74, 6) is 0. The third-order valence-electron chi connectivity index (χ3n) is 9.73. The van der Waals surface area contributed by atoms with E-state index in [4.69, 9.17) is 9.97 Å². The number of hydrogen-bond acceptors (Lipinski definition) is 4. The van der Waals surface area contributed by atoms with Gasteiger partial charge in [0.2, 0.25) is 0 Å². The summed E-state index contributed by atoms with van der Waals surface area (Å²) in [6.45, 7) is 1.60. The van der Waals surface area contributed by atoms with E-state index in [9.17, 15) is 0 Å². The summed E-state index contributed by atoms with van der Waals surface area (Å²) in [7, 11) is 0. The lowest BCUT2D eigenvalue weighted by atomic mass is 10.1. The van der Waals surface area contributed by atoms with E-state index >= 15 is 0 Å². The molecule has 6 heteroatoms. The molecule has 9 aromatic rings. The Hall–Kier alpha value is -6.40. The van der Waals surface area contributed by atoms with Crippen LogP contribution in [0.4, 0.5) is 22.7 Å². The first-order valence-corrected chi connectivity index (χ1v) is 16.3. The van der Waals surface area contributed by atoms with Gasteiger partial charge >= 0.3 is 0 Å². The summed E-state index contributed by atoms with van der Waals surface area (Å²) >= 11 is 0. The van der Waals surface area contributed by atoms with Crippen molar-refractivity contribution in [3.05, 3.63) is 158 Å². The van der Waals surface area contributed by atoms with Gasteiger partial charge in [0.1, 0.15) is 0 Å². The summed E-state index contributed by atoms with van der Waals surface area (Å²) in [4.78, 5) is 14.3. The number of nitrogens with zero attached hydrogens (tertiary/aromatic N) is 6. The van der Waals surface area contributed by atoms with Crippen molar-refractivity contribution in [1.29, 1.82) is 0 Å². The molecule has 5 aromatic carbocycles. The summed E-state index contributed by atoms with van der Waals surface area (Å²) < 4.78 is 4.66. The molecule has 0 fully saturated rings. The van der Waals surface area contributed by atoms with E-state index < -0.39 is 0 Å². The van der Waals surface area contributed by atoms with Crippen molar-refractivity contribution < 1.29 is 0 Å². The molecule has 5 heterocycles. The van der Waals surface area contributed by atoms with E-state index in [2.05, 4.69) is 152 Å². The van der Waals surface area contributed by atoms with Gasteiger partial charge in [0.05, 0.1) is 81.0 Å². The fourth-order valence-corrected chi connectivity index (χ4v) is 7.67. The van der Waals surface area contributed by atoms with E-state index in [1.807, 2.05) is 24.8 Å². The lowest BCUT2D eigenvalue weighted by Gasteiger charge is -2.38. The SMILES string of the molecule is c1ccc2c(c1)N(c1cncc(-n3c4ccccc4c4ccccc43)c1)CCN2c1cncc(-n2c3ccccc3c3ccccc32)c1. The first kappa shape index (κ1) is 26.8. The highest BCUT2D eigenvalue weighted by atomic mass is 15.3. The number of anilines is 4. The molecule has 0 saturated carbocycles. The maximum Gasteiger partial charge on any atom is 0.0666 e. The van der Waals surface area contributed by atoms with Crippen LogP contribution in [-0.2, 0) is 0 Å². The van der Waals surface area contributed by atoms with Crippen molar-refractivity contribution in [3.63, 3.8) is 0 Å². The van der Waals surface area contributed by atoms with Gasteiger partial charge in [-0.05, 0) is 48.5 Å². The third kappa shape index (κ3) is 3.99. The predicted octanol–water partition coefficient (Wildman–Crippen LogP) is 9.96. The van der Waals surface area contributed by atoms with E-state index in [0.717, 1.165) is 47.2 Å². The summed E-state index contributed by atoms with van der Waals surface area (Å²) in [5, 5.41) is 4.98. The fourth-order valence-electron chi connectivity index (χ4n) is 7.67. The first-order chi connectivity index (χ1) is 23.8. The number of pyridine rings is 2. The van der Waals surface area contributed by atoms with Crippen molar-refractivity contribution in [2.24, 2.45) is 0 Å². The second kappa shape index (κ2) is 10.6. The number of para-hydroxylation sites is 6. The summed E-state index contributed by atoms with van der Waals surface area (Å²) in [6.07, 6.45) is 7.90. The van der Waals surface area contributed by atoms with E-state index in [-0.39, 0.29) is 0 Å². The Labute approximate surface area is 277 Å². The quantitative estimate of drug-likeness (QED) is 0.197. The molecule has 0 N–H and O–H groups in total. The molecule has 6 nitrogen and oxygen atoms in total. The van der Waals surface area contributed by atoms with Crippen molar-refractivity contribution in [2.45, 2.75) is 0 Å². The first-order valence-electron chi connectivity index (χ1n) is 16.3. The van der Waals surface area contributed by atoms with Crippen molar-refractivity contribution in [2.75, 3.05) is 22.9 Å². The van der Waals surface area contributed by atoms with Gasteiger partial charge in [-0.15, -0.1) is 0 Å². The second-order valence-electron chi connectivity index (χ2n) is 12.3. The van der Waals surface area contributed by atoms with Gasteiger partial charge in [-0.3, -0.25) is 9.97 Å². The van der Waals surface area contributed by atoms with Gasteiger partial charge in [0.15, 0.2) is 0 Å². The van der Waals surface area contributed by atoms with Gasteiger partial charge in [-0.1, -0.05) is 84.9 Å². The van der Waals surface area contributed by atoms with Crippen LogP contribution in [0.1, 0.15) is 0 Å². The molecule has 0 bridgehead atoms. The van der Waals surface area contributed by atoms with Crippen LogP contribution in [-0.4, -0.2) is 32.2 Å². The lowest BCUT2D eigenvalue weighted by molar-refractivity contribution is 0.845. The molecule has 1 aliphatic rings. The molecule has 10 rings (SSSR count). The van der Waals surface area contributed by atoms with Crippen LogP contribution in [0, 0.1) is 0 Å². The molecule has 228 valence electrons. The van der Waals surface area contributed by atoms with Gasteiger partial charge in [0.25, 0.3) is 0 Å². The molecule has 0 spiro atoms. The number of aromatic nitrogens is 4. The number of rotatable bonds is 4. The topological polar surface area (TPSA) is 42.1 Å². The minimum Gasteiger partial charge on any atom is -0.337 e. The van der Waals surface area contributed by atoms with Crippen LogP contribution in [0.15, 0.2) is 158 Å². The Bertz CT molecular complexity index is 2380. The third-order valence-corrected chi connectivity index (χ3v) is 9.73. The monoisotopic (exact) mass is 618 g/mol. The van der Waals surface area contributed by atoms with Crippen LogP contribution < -0.4 is 9.80 Å². The standard InChI is InChI=1S/C42H30N6/c1-5-15-37-33(11-1)34-12-2-6-16-38(34)47(37)31-23-29(25-43-27-31)45-21-22-46(42-20-10-9-19-41(42)45)30-24-32(28-44-26-30)48-39-17-7-3-13-35(39)36-14-4-8-18-40(36)48/h1-20,23-28H,21-22H2. The van der Waals surface area contributed by atoms with Crippen molar-refractivity contribution in [1.82, 2.24) is 19.1 Å². The zero-order valence-electron chi connectivity index (χ0n) is 26.1. The van der Waals surface area contributed by atoms with Gasteiger partial charge in [0, 0.05) is 34.6 Å².